The molecule has 4 N–H and O–H groups in total. The molecule has 7 rings (SSSR count). The Morgan fingerprint density at radius 1 is 0.897 bits per heavy atom. The number of imidazole rings is 1. The van der Waals surface area contributed by atoms with Gasteiger partial charge in [0.15, 0.2) is 0 Å². The third-order valence-electron chi connectivity index (χ3n) is 14.3. The number of carbonyl (C=O) groups is 5. The second kappa shape index (κ2) is 21.3. The minimum atomic E-state index is -1.21. The van der Waals surface area contributed by atoms with Crippen LogP contribution in [0.25, 0.3) is 22.4 Å². The monoisotopic (exact) mass is 934 g/mol. The fourth-order valence-corrected chi connectivity index (χ4v) is 11.0. The van der Waals surface area contributed by atoms with Crippen LogP contribution in [0.2, 0.25) is 0 Å². The van der Waals surface area contributed by atoms with Gasteiger partial charge in [-0.05, 0) is 89.6 Å². The maximum Gasteiger partial charge on any atom is 0.413 e. The van der Waals surface area contributed by atoms with E-state index in [2.05, 4.69) is 42.3 Å². The number of aromatic nitrogens is 2. The number of carbonyl (C=O) groups excluding carboxylic acids is 3. The second-order valence-electron chi connectivity index (χ2n) is 18.9. The molecule has 364 valence electrons. The van der Waals surface area contributed by atoms with Crippen molar-refractivity contribution in [3.05, 3.63) is 95.4 Å². The Morgan fingerprint density at radius 2 is 1.57 bits per heavy atom. The molecule has 0 unspecified atom stereocenters. The lowest BCUT2D eigenvalue weighted by atomic mass is 9.70. The first-order chi connectivity index (χ1) is 32.7. The number of benzene rings is 3. The number of methoxy groups -OCH3 is 2. The molecule has 68 heavy (non-hydrogen) atoms. The summed E-state index contributed by atoms with van der Waals surface area (Å²) in [5.41, 5.74) is 6.57. The molecule has 5 atom stereocenters. The van der Waals surface area contributed by atoms with Crippen molar-refractivity contribution >= 4 is 35.8 Å². The summed E-state index contributed by atoms with van der Waals surface area (Å²) in [6.07, 6.45) is 5.00. The zero-order valence-electron chi connectivity index (χ0n) is 40.4. The number of anilines is 1. The van der Waals surface area contributed by atoms with Crippen LogP contribution in [0.15, 0.2) is 72.9 Å². The highest BCUT2D eigenvalue weighted by molar-refractivity contribution is 5.93. The van der Waals surface area contributed by atoms with E-state index in [9.17, 15) is 34.2 Å². The number of hydrogen-bond donors (Lipinski definition) is 4. The first kappa shape index (κ1) is 49.5. The van der Waals surface area contributed by atoms with Crippen LogP contribution in [0.5, 0.6) is 0 Å². The van der Waals surface area contributed by atoms with Crippen molar-refractivity contribution in [2.45, 2.75) is 115 Å². The molecule has 3 aromatic carbocycles. The number of carboxylic acid groups (broad SMARTS) is 2. The summed E-state index contributed by atoms with van der Waals surface area (Å²) in [6.45, 7) is 9.10. The molecule has 4 aromatic rings. The molecule has 3 heterocycles. The highest BCUT2D eigenvalue weighted by Gasteiger charge is 2.47. The highest BCUT2D eigenvalue weighted by atomic mass is 16.5. The van der Waals surface area contributed by atoms with Crippen molar-refractivity contribution in [2.24, 2.45) is 11.8 Å². The zero-order chi connectivity index (χ0) is 48.9. The quantitative estimate of drug-likeness (QED) is 0.0746. The number of amides is 5. The topological polar surface area (TPSA) is 198 Å². The fraction of sp³-hybridized carbons (Fsp3) is 0.500. The predicted octanol–water partition coefficient (Wildman–Crippen LogP) is 9.42. The van der Waals surface area contributed by atoms with E-state index < -0.39 is 47.9 Å². The van der Waals surface area contributed by atoms with Crippen LogP contribution in [0.3, 0.4) is 0 Å². The van der Waals surface area contributed by atoms with E-state index in [0.29, 0.717) is 43.1 Å². The number of hydrogen-bond acceptors (Lipinski definition) is 8. The van der Waals surface area contributed by atoms with Crippen molar-refractivity contribution in [1.29, 1.82) is 0 Å². The van der Waals surface area contributed by atoms with Crippen molar-refractivity contribution < 1.29 is 43.7 Å². The van der Waals surface area contributed by atoms with Crippen molar-refractivity contribution in [3.63, 3.8) is 0 Å². The van der Waals surface area contributed by atoms with Crippen LogP contribution in [0.1, 0.15) is 120 Å². The summed E-state index contributed by atoms with van der Waals surface area (Å²) in [5, 5.41) is 23.6. The number of alkyl carbamates (subject to hydrolysis) is 1. The van der Waals surface area contributed by atoms with Gasteiger partial charge in [-0.3, -0.25) is 19.4 Å². The molecule has 16 heteroatoms. The summed E-state index contributed by atoms with van der Waals surface area (Å²) in [7, 11) is 4.26. The van der Waals surface area contributed by atoms with E-state index in [1.54, 1.807) is 47.4 Å². The van der Waals surface area contributed by atoms with Crippen LogP contribution in [-0.2, 0) is 24.5 Å². The summed E-state index contributed by atoms with van der Waals surface area (Å²) in [6, 6.07) is 18.9. The molecule has 0 bridgehead atoms. The number of nitrogens with zero attached hydrogens (tertiary/aromatic N) is 5. The molecule has 0 spiro atoms. The number of unbranched alkanes of at least 4 members (excludes halogenated alkanes) is 2. The SMILES string of the molecule is CCCCC1(CCCC)c2cc(-c3cnc([C@@H]4CCCN4C(=O)[C@H](C(C)C)N(C)C(=O)O)[nH]3)ccc2-c2ccc(N(C(=O)O)[C@H]3C[C@H](COC)CN3C(=O)[C@H](NC(=O)OC)c3ccccc3)cc21. The minimum Gasteiger partial charge on any atom is -0.465 e. The Morgan fingerprint density at radius 3 is 2.19 bits per heavy atom. The van der Waals surface area contributed by atoms with Crippen molar-refractivity contribution in [1.82, 2.24) is 30.0 Å². The smallest absolute Gasteiger partial charge is 0.413 e. The largest absolute Gasteiger partial charge is 0.465 e. The van der Waals surface area contributed by atoms with Crippen molar-refractivity contribution in [3.8, 4) is 22.4 Å². The van der Waals surface area contributed by atoms with Gasteiger partial charge in [-0.15, -0.1) is 0 Å². The van der Waals surface area contributed by atoms with Crippen LogP contribution in [0.4, 0.5) is 20.1 Å². The average molecular weight is 934 g/mol. The number of likely N-dealkylation sites (N-methyl/N-ethyl adjacent to an activating group) is 1. The molecule has 1 aliphatic carbocycles. The molecule has 2 fully saturated rings. The summed E-state index contributed by atoms with van der Waals surface area (Å²) in [5.74, 6) is -0.433. The standard InChI is InChI=1S/C52H67N7O9/c1-8-10-23-52(24-11-9-2)39-27-35(41-29-53-46(54-41)42-18-15-25-57(42)48(61)45(32(3)4)56(5)50(63)64)19-21-37(39)38-22-20-36(28-40(38)52)59(51(65)66)43-26-33(31-67-6)30-58(43)47(60)44(55-49(62)68-7)34-16-13-12-14-17-34/h12-14,16-17,19-22,27-29,32-33,42-45H,8-11,15,18,23-26,30-31H2,1-7H3,(H,53,54)(H,55,62)(H,63,64)(H,65,66)/t33-,42-,43-,44+,45-/m0/s1. The minimum absolute atomic E-state index is 0.175. The molecule has 3 aliphatic rings. The summed E-state index contributed by atoms with van der Waals surface area (Å²) < 4.78 is 10.5. The normalized spacial score (nSPS) is 19.0. The Labute approximate surface area is 399 Å². The van der Waals surface area contributed by atoms with Gasteiger partial charge < -0.3 is 39.8 Å². The van der Waals surface area contributed by atoms with E-state index in [0.717, 1.165) is 83.4 Å². The Bertz CT molecular complexity index is 2450. The lowest BCUT2D eigenvalue weighted by molar-refractivity contribution is -0.138. The molecule has 5 amide bonds. The van der Waals surface area contributed by atoms with E-state index in [-0.39, 0.29) is 30.3 Å². The molecular formula is C52H67N7O9. The first-order valence-electron chi connectivity index (χ1n) is 24.0. The Balaban J connectivity index is 1.26. The van der Waals surface area contributed by atoms with Gasteiger partial charge in [-0.1, -0.05) is 102 Å². The second-order valence-corrected chi connectivity index (χ2v) is 18.9. The lowest BCUT2D eigenvalue weighted by Gasteiger charge is -2.36. The van der Waals surface area contributed by atoms with Crippen LogP contribution < -0.4 is 10.2 Å². The van der Waals surface area contributed by atoms with E-state index >= 15 is 0 Å². The number of aromatic amines is 1. The molecule has 1 aromatic heterocycles. The van der Waals surface area contributed by atoms with Gasteiger partial charge in [-0.25, -0.2) is 19.4 Å². The fourth-order valence-electron chi connectivity index (χ4n) is 11.0. The molecule has 16 nitrogen and oxygen atoms in total. The molecule has 0 saturated carbocycles. The van der Waals surface area contributed by atoms with Gasteiger partial charge in [0, 0.05) is 44.3 Å². The highest BCUT2D eigenvalue weighted by Crippen LogP contribution is 2.56. The van der Waals surface area contributed by atoms with E-state index in [4.69, 9.17) is 14.5 Å². The average Bonchev–Trinajstić information content (AvgIpc) is 4.15. The molecule has 2 aliphatic heterocycles. The number of ether oxygens (including phenoxy) is 2. The Hall–Kier alpha value is -6.42. The number of rotatable bonds is 18. The number of likely N-dealkylation sites (tertiary alicyclic amines) is 2. The van der Waals surface area contributed by atoms with Gasteiger partial charge in [0.25, 0.3) is 5.91 Å². The van der Waals surface area contributed by atoms with Crippen LogP contribution >= 0.6 is 0 Å². The van der Waals surface area contributed by atoms with Gasteiger partial charge in [0.05, 0.1) is 31.6 Å². The van der Waals surface area contributed by atoms with Crippen molar-refractivity contribution in [2.75, 3.05) is 45.9 Å². The number of H-pyrrole nitrogens is 1. The van der Waals surface area contributed by atoms with E-state index in [1.165, 1.54) is 19.1 Å². The Kier molecular flexibility index (Phi) is 15.5. The third-order valence-corrected chi connectivity index (χ3v) is 14.3. The zero-order valence-corrected chi connectivity index (χ0v) is 40.4. The maximum atomic E-state index is 14.7. The molecule has 2 saturated heterocycles. The lowest BCUT2D eigenvalue weighted by Crippen LogP contribution is -2.53. The molecular weight excluding hydrogens is 867 g/mol. The summed E-state index contributed by atoms with van der Waals surface area (Å²) in [4.78, 5) is 81.1. The van der Waals surface area contributed by atoms with Gasteiger partial charge in [0.1, 0.15) is 24.1 Å². The maximum absolute atomic E-state index is 14.7. The molecule has 0 radical (unpaired) electrons. The van der Waals surface area contributed by atoms with E-state index in [1.807, 2.05) is 38.1 Å². The predicted molar refractivity (Wildman–Crippen MR) is 258 cm³/mol. The van der Waals surface area contributed by atoms with Gasteiger partial charge in [-0.2, -0.15) is 0 Å². The number of fused-ring (bicyclic) bond motifs is 3. The van der Waals surface area contributed by atoms with Gasteiger partial charge in [0.2, 0.25) is 5.91 Å². The number of nitrogens with one attached hydrogen (secondary N) is 2. The van der Waals surface area contributed by atoms with Crippen LogP contribution in [-0.4, -0.2) is 118 Å². The van der Waals surface area contributed by atoms with Gasteiger partial charge >= 0.3 is 18.3 Å². The van der Waals surface area contributed by atoms with Crippen LogP contribution in [0, 0.1) is 11.8 Å². The summed E-state index contributed by atoms with van der Waals surface area (Å²) >= 11 is 0. The first-order valence-corrected chi connectivity index (χ1v) is 24.0. The third kappa shape index (κ3) is 9.65.